The number of benzene rings is 1. The number of esters is 1. The van der Waals surface area contributed by atoms with Gasteiger partial charge >= 0.3 is 5.97 Å². The number of hydrogen-bond acceptors (Lipinski definition) is 6. The molecule has 2 rings (SSSR count). The highest BCUT2D eigenvalue weighted by molar-refractivity contribution is 6.17. The molecule has 0 fully saturated rings. The molecule has 1 aliphatic heterocycles. The van der Waals surface area contributed by atoms with Crippen LogP contribution in [0.4, 0.5) is 10.1 Å². The maximum atomic E-state index is 14.0. The number of carbonyl (C=O) groups is 3. The average molecular weight is 350 g/mol. The number of ether oxygens (including phenoxy) is 1. The van der Waals surface area contributed by atoms with E-state index in [0.29, 0.717) is 0 Å². The van der Waals surface area contributed by atoms with Gasteiger partial charge < -0.3 is 15.2 Å². The Labute approximate surface area is 144 Å². The molecule has 0 spiro atoms. The first-order valence-electron chi connectivity index (χ1n) is 7.60. The van der Waals surface area contributed by atoms with Gasteiger partial charge in [0.1, 0.15) is 17.1 Å². The number of aliphatic hydroxyl groups is 1. The van der Waals surface area contributed by atoms with Gasteiger partial charge in [0.05, 0.1) is 24.4 Å². The van der Waals surface area contributed by atoms with Crippen molar-refractivity contribution in [3.8, 4) is 0 Å². The molecule has 0 atom stereocenters. The highest BCUT2D eigenvalue weighted by Gasteiger charge is 2.31. The van der Waals surface area contributed by atoms with Crippen LogP contribution in [-0.4, -0.2) is 46.5 Å². The van der Waals surface area contributed by atoms with Gasteiger partial charge in [0.25, 0.3) is 11.8 Å². The van der Waals surface area contributed by atoms with E-state index in [1.807, 2.05) is 0 Å². The standard InChI is InChI=1S/C17H19FN2O5/c1-17(2,3)25-16(24)10-4-5-11(18)12(8-10)19-13-9-14(22)20(6-7-21)15(13)23/h4-5,8-9,19,21H,6-7H2,1-3H3. The van der Waals surface area contributed by atoms with Gasteiger partial charge in [0.2, 0.25) is 0 Å². The van der Waals surface area contributed by atoms with Crippen LogP contribution in [0.25, 0.3) is 0 Å². The molecule has 1 aromatic rings. The highest BCUT2D eigenvalue weighted by atomic mass is 19.1. The fourth-order valence-corrected chi connectivity index (χ4v) is 2.14. The lowest BCUT2D eigenvalue weighted by molar-refractivity contribution is -0.137. The number of β-amino-alcohol motifs (C(OH)–C–C–N with tert-alkyl or cyclic N) is 1. The smallest absolute Gasteiger partial charge is 0.338 e. The van der Waals surface area contributed by atoms with E-state index < -0.39 is 29.2 Å². The summed E-state index contributed by atoms with van der Waals surface area (Å²) in [6, 6.07) is 3.54. The molecular formula is C17H19FN2O5. The first kappa shape index (κ1) is 18.6. The Kier molecular flexibility index (Phi) is 5.22. The average Bonchev–Trinajstić information content (AvgIpc) is 2.75. The molecule has 0 unspecified atom stereocenters. The predicted octanol–water partition coefficient (Wildman–Crippen LogP) is 1.44. The van der Waals surface area contributed by atoms with Crippen LogP contribution in [0.1, 0.15) is 31.1 Å². The molecule has 1 heterocycles. The van der Waals surface area contributed by atoms with E-state index in [4.69, 9.17) is 9.84 Å². The van der Waals surface area contributed by atoms with Gasteiger partial charge in [0, 0.05) is 6.08 Å². The van der Waals surface area contributed by atoms with Crippen molar-refractivity contribution in [1.29, 1.82) is 0 Å². The Morgan fingerprint density at radius 1 is 1.32 bits per heavy atom. The summed E-state index contributed by atoms with van der Waals surface area (Å²) in [5, 5.41) is 11.4. The summed E-state index contributed by atoms with van der Waals surface area (Å²) in [6.07, 6.45) is 1.01. The molecule has 0 bridgehead atoms. The second kappa shape index (κ2) is 7.02. The van der Waals surface area contributed by atoms with Crippen molar-refractivity contribution >= 4 is 23.5 Å². The maximum absolute atomic E-state index is 14.0. The fourth-order valence-electron chi connectivity index (χ4n) is 2.14. The zero-order valence-electron chi connectivity index (χ0n) is 14.1. The van der Waals surface area contributed by atoms with E-state index in [1.165, 1.54) is 12.1 Å². The Bertz CT molecular complexity index is 752. The molecule has 1 aliphatic rings. The van der Waals surface area contributed by atoms with Crippen LogP contribution < -0.4 is 5.32 Å². The first-order valence-corrected chi connectivity index (χ1v) is 7.60. The van der Waals surface area contributed by atoms with E-state index in [0.717, 1.165) is 17.0 Å². The largest absolute Gasteiger partial charge is 0.456 e. The molecule has 2 N–H and O–H groups in total. The number of halogens is 1. The minimum atomic E-state index is -0.708. The van der Waals surface area contributed by atoms with Crippen LogP contribution in [0.15, 0.2) is 30.0 Å². The van der Waals surface area contributed by atoms with Crippen LogP contribution in [-0.2, 0) is 14.3 Å². The van der Waals surface area contributed by atoms with Crippen molar-refractivity contribution in [2.45, 2.75) is 26.4 Å². The summed E-state index contributed by atoms with van der Waals surface area (Å²) in [7, 11) is 0. The third kappa shape index (κ3) is 4.42. The molecule has 2 amide bonds. The van der Waals surface area contributed by atoms with E-state index in [2.05, 4.69) is 5.32 Å². The predicted molar refractivity (Wildman–Crippen MR) is 87.1 cm³/mol. The molecule has 0 aromatic heterocycles. The zero-order chi connectivity index (χ0) is 18.8. The number of carbonyl (C=O) groups excluding carboxylic acids is 3. The van der Waals surface area contributed by atoms with Gasteiger partial charge in [-0.1, -0.05) is 0 Å². The van der Waals surface area contributed by atoms with Gasteiger partial charge in [-0.2, -0.15) is 0 Å². The second-order valence-corrected chi connectivity index (χ2v) is 6.40. The Morgan fingerprint density at radius 2 is 2.00 bits per heavy atom. The van der Waals surface area contributed by atoms with Crippen LogP contribution in [0, 0.1) is 5.82 Å². The van der Waals surface area contributed by atoms with Crippen molar-refractivity contribution in [2.75, 3.05) is 18.5 Å². The highest BCUT2D eigenvalue weighted by Crippen LogP contribution is 2.22. The number of anilines is 1. The molecule has 7 nitrogen and oxygen atoms in total. The molecule has 0 saturated heterocycles. The van der Waals surface area contributed by atoms with E-state index in [9.17, 15) is 18.8 Å². The molecule has 0 aliphatic carbocycles. The van der Waals surface area contributed by atoms with E-state index >= 15 is 0 Å². The number of imide groups is 1. The normalized spacial score (nSPS) is 14.6. The Morgan fingerprint density at radius 3 is 2.60 bits per heavy atom. The van der Waals surface area contributed by atoms with Crippen LogP contribution >= 0.6 is 0 Å². The lowest BCUT2D eigenvalue weighted by atomic mass is 10.1. The van der Waals surface area contributed by atoms with Gasteiger partial charge in [0.15, 0.2) is 0 Å². The minimum Gasteiger partial charge on any atom is -0.456 e. The summed E-state index contributed by atoms with van der Waals surface area (Å²) in [6.45, 7) is 4.59. The number of amides is 2. The van der Waals surface area contributed by atoms with Gasteiger partial charge in [-0.3, -0.25) is 14.5 Å². The van der Waals surface area contributed by atoms with Crippen LogP contribution in [0.5, 0.6) is 0 Å². The third-order valence-electron chi connectivity index (χ3n) is 3.20. The molecule has 25 heavy (non-hydrogen) atoms. The summed E-state index contributed by atoms with van der Waals surface area (Å²) in [5.74, 6) is -2.62. The van der Waals surface area contributed by atoms with Crippen molar-refractivity contribution in [2.24, 2.45) is 0 Å². The van der Waals surface area contributed by atoms with Crippen molar-refractivity contribution in [1.82, 2.24) is 4.90 Å². The number of hydrogen-bond donors (Lipinski definition) is 2. The van der Waals surface area contributed by atoms with Gasteiger partial charge in [-0.15, -0.1) is 0 Å². The lowest BCUT2D eigenvalue weighted by Gasteiger charge is -2.20. The van der Waals surface area contributed by atoms with Crippen molar-refractivity contribution < 1.29 is 28.6 Å². The fraction of sp³-hybridized carbons (Fsp3) is 0.353. The summed E-state index contributed by atoms with van der Waals surface area (Å²) < 4.78 is 19.2. The summed E-state index contributed by atoms with van der Waals surface area (Å²) in [4.78, 5) is 36.7. The zero-order valence-corrected chi connectivity index (χ0v) is 14.1. The maximum Gasteiger partial charge on any atom is 0.338 e. The van der Waals surface area contributed by atoms with E-state index in [1.54, 1.807) is 20.8 Å². The quantitative estimate of drug-likeness (QED) is 0.616. The molecule has 0 saturated carbocycles. The first-order chi connectivity index (χ1) is 11.6. The summed E-state index contributed by atoms with van der Waals surface area (Å²) in [5.41, 5.74) is -0.885. The topological polar surface area (TPSA) is 95.9 Å². The third-order valence-corrected chi connectivity index (χ3v) is 3.20. The molecular weight excluding hydrogens is 331 g/mol. The van der Waals surface area contributed by atoms with Gasteiger partial charge in [-0.25, -0.2) is 9.18 Å². The van der Waals surface area contributed by atoms with Crippen molar-refractivity contribution in [3.05, 3.63) is 41.4 Å². The van der Waals surface area contributed by atoms with Gasteiger partial charge in [-0.05, 0) is 39.0 Å². The number of rotatable bonds is 5. The van der Waals surface area contributed by atoms with E-state index in [-0.39, 0.29) is 30.1 Å². The second-order valence-electron chi connectivity index (χ2n) is 6.40. The minimum absolute atomic E-state index is 0.100. The SMILES string of the molecule is CC(C)(C)OC(=O)c1ccc(F)c(NC2=CC(=O)N(CCO)C2=O)c1. The monoisotopic (exact) mass is 350 g/mol. The number of aliphatic hydroxyl groups excluding tert-OH is 1. The van der Waals surface area contributed by atoms with Crippen molar-refractivity contribution in [3.63, 3.8) is 0 Å². The Hall–Kier alpha value is -2.74. The number of nitrogens with one attached hydrogen (secondary N) is 1. The Balaban J connectivity index is 2.22. The molecule has 8 heteroatoms. The molecule has 134 valence electrons. The molecule has 1 aromatic carbocycles. The van der Waals surface area contributed by atoms with Crippen LogP contribution in [0.2, 0.25) is 0 Å². The molecule has 0 radical (unpaired) electrons. The van der Waals surface area contributed by atoms with Crippen LogP contribution in [0.3, 0.4) is 0 Å². The lowest BCUT2D eigenvalue weighted by Crippen LogP contribution is -2.34. The number of nitrogens with zero attached hydrogens (tertiary/aromatic N) is 1. The summed E-state index contributed by atoms with van der Waals surface area (Å²) >= 11 is 0.